The van der Waals surface area contributed by atoms with Gasteiger partial charge in [-0.1, -0.05) is 158 Å². The van der Waals surface area contributed by atoms with Crippen molar-refractivity contribution in [1.29, 1.82) is 0 Å². The highest BCUT2D eigenvalue weighted by molar-refractivity contribution is 6.14. The minimum atomic E-state index is -0.424. The van der Waals surface area contributed by atoms with Gasteiger partial charge < -0.3 is 14.2 Å². The number of aromatic nitrogens is 1. The first-order chi connectivity index (χ1) is 28.8. The molecule has 0 fully saturated rings. The van der Waals surface area contributed by atoms with Crippen LogP contribution in [0, 0.1) is 0 Å². The van der Waals surface area contributed by atoms with Crippen molar-refractivity contribution in [3.05, 3.63) is 229 Å². The second-order valence-corrected chi connectivity index (χ2v) is 15.5. The lowest BCUT2D eigenvalue weighted by atomic mass is 9.70. The second kappa shape index (κ2) is 11.7. The maximum absolute atomic E-state index is 7.07. The van der Waals surface area contributed by atoms with Crippen molar-refractivity contribution in [3.63, 3.8) is 0 Å². The van der Waals surface area contributed by atoms with Crippen LogP contribution in [-0.4, -0.2) is 4.57 Å². The summed E-state index contributed by atoms with van der Waals surface area (Å²) >= 11 is 0. The molecule has 13 rings (SSSR count). The van der Waals surface area contributed by atoms with Gasteiger partial charge in [-0.05, 0) is 98.6 Å². The summed E-state index contributed by atoms with van der Waals surface area (Å²) in [7, 11) is 0. The van der Waals surface area contributed by atoms with Gasteiger partial charge in [0.1, 0.15) is 0 Å². The Kier molecular flexibility index (Phi) is 6.37. The van der Waals surface area contributed by atoms with Gasteiger partial charge in [0.25, 0.3) is 0 Å². The molecule has 3 heteroatoms. The second-order valence-electron chi connectivity index (χ2n) is 15.5. The Morgan fingerprint density at radius 3 is 1.78 bits per heavy atom. The van der Waals surface area contributed by atoms with Crippen molar-refractivity contribution in [2.75, 3.05) is 4.90 Å². The molecule has 1 aromatic heterocycles. The summed E-state index contributed by atoms with van der Waals surface area (Å²) < 4.78 is 9.45. The fraction of sp³-hybridized carbons (Fsp3) is 0.0182. The summed E-state index contributed by atoms with van der Waals surface area (Å²) in [5, 5.41) is 2.38. The zero-order valence-electron chi connectivity index (χ0n) is 31.4. The number of anilines is 3. The van der Waals surface area contributed by atoms with E-state index in [0.717, 1.165) is 45.3 Å². The highest BCUT2D eigenvalue weighted by atomic mass is 16.5. The quantitative estimate of drug-likeness (QED) is 0.179. The number of benzene rings is 9. The molecular weight excluding hydrogens is 705 g/mol. The smallest absolute Gasteiger partial charge is 0.176 e. The van der Waals surface area contributed by atoms with Crippen LogP contribution >= 0.6 is 0 Å². The Labute approximate surface area is 336 Å². The van der Waals surface area contributed by atoms with Crippen LogP contribution in [-0.2, 0) is 5.41 Å². The fourth-order valence-corrected chi connectivity index (χ4v) is 10.6. The van der Waals surface area contributed by atoms with E-state index >= 15 is 0 Å². The lowest BCUT2D eigenvalue weighted by molar-refractivity contribution is 0.477. The van der Waals surface area contributed by atoms with Gasteiger partial charge >= 0.3 is 0 Å². The Hall–Kier alpha value is -7.62. The highest BCUT2D eigenvalue weighted by Gasteiger charge is 2.52. The van der Waals surface area contributed by atoms with E-state index in [1.54, 1.807) is 0 Å². The minimum Gasteiger partial charge on any atom is -0.451 e. The Morgan fingerprint density at radius 1 is 0.397 bits per heavy atom. The molecule has 0 unspecified atom stereocenters. The van der Waals surface area contributed by atoms with Crippen molar-refractivity contribution < 1.29 is 4.74 Å². The number of ether oxygens (including phenoxy) is 1. The Bertz CT molecular complexity index is 3290. The van der Waals surface area contributed by atoms with Gasteiger partial charge in [-0.25, -0.2) is 0 Å². The van der Waals surface area contributed by atoms with Crippen molar-refractivity contribution in [2.24, 2.45) is 0 Å². The topological polar surface area (TPSA) is 17.4 Å². The fourth-order valence-electron chi connectivity index (χ4n) is 10.6. The monoisotopic (exact) mass is 738 g/mol. The van der Waals surface area contributed by atoms with Crippen LogP contribution < -0.4 is 9.64 Å². The predicted octanol–water partition coefficient (Wildman–Crippen LogP) is 14.4. The summed E-state index contributed by atoms with van der Waals surface area (Å²) in [6.45, 7) is 0. The molecule has 10 aromatic rings. The zero-order valence-corrected chi connectivity index (χ0v) is 31.4. The molecule has 0 saturated carbocycles. The van der Waals surface area contributed by atoms with E-state index in [1.165, 1.54) is 66.4 Å². The molecule has 0 bridgehead atoms. The average molecular weight is 739 g/mol. The van der Waals surface area contributed by atoms with Crippen molar-refractivity contribution in [2.45, 2.75) is 5.41 Å². The molecule has 3 nitrogen and oxygen atoms in total. The summed E-state index contributed by atoms with van der Waals surface area (Å²) in [5.41, 5.74) is 18.9. The predicted molar refractivity (Wildman–Crippen MR) is 237 cm³/mol. The van der Waals surface area contributed by atoms with Crippen LogP contribution in [0.3, 0.4) is 0 Å². The number of hydrogen-bond donors (Lipinski definition) is 0. The van der Waals surface area contributed by atoms with E-state index < -0.39 is 5.41 Å². The Morgan fingerprint density at radius 2 is 0.983 bits per heavy atom. The number of para-hydroxylation sites is 5. The molecule has 0 atom stereocenters. The first-order valence-electron chi connectivity index (χ1n) is 20.0. The van der Waals surface area contributed by atoms with Gasteiger partial charge in [-0.15, -0.1) is 0 Å². The molecule has 2 heterocycles. The highest BCUT2D eigenvalue weighted by Crippen LogP contribution is 2.64. The van der Waals surface area contributed by atoms with E-state index in [2.05, 4.69) is 216 Å². The van der Waals surface area contributed by atoms with E-state index in [9.17, 15) is 0 Å². The van der Waals surface area contributed by atoms with E-state index in [1.807, 2.05) is 0 Å². The lowest BCUT2D eigenvalue weighted by Gasteiger charge is -2.32. The van der Waals surface area contributed by atoms with E-state index in [-0.39, 0.29) is 0 Å². The van der Waals surface area contributed by atoms with Crippen molar-refractivity contribution >= 4 is 38.9 Å². The SMILES string of the molecule is c1ccc(N(c2ccccc2-c2cccc3c2-c2ccccc2C32c3ccccc3-c3ccccc32)c2ccc3c4ccccc4n4c3c2Oc2ccccc2-4)cc1. The van der Waals surface area contributed by atoms with Gasteiger partial charge in [0.15, 0.2) is 11.5 Å². The summed E-state index contributed by atoms with van der Waals surface area (Å²) in [6, 6.07) is 75.3. The van der Waals surface area contributed by atoms with Crippen LogP contribution in [0.15, 0.2) is 206 Å². The molecule has 0 saturated heterocycles. The molecule has 9 aromatic carbocycles. The van der Waals surface area contributed by atoms with Crippen molar-refractivity contribution in [3.8, 4) is 50.6 Å². The third-order valence-corrected chi connectivity index (χ3v) is 12.8. The molecule has 2 aliphatic carbocycles. The van der Waals surface area contributed by atoms with Crippen LogP contribution in [0.5, 0.6) is 11.5 Å². The molecule has 3 aliphatic rings. The minimum absolute atomic E-state index is 0.424. The van der Waals surface area contributed by atoms with Gasteiger partial charge in [0, 0.05) is 22.0 Å². The number of hydrogen-bond acceptors (Lipinski definition) is 2. The molecular formula is C55H34N2O. The van der Waals surface area contributed by atoms with Gasteiger partial charge in [0.2, 0.25) is 0 Å². The van der Waals surface area contributed by atoms with Crippen LogP contribution in [0.1, 0.15) is 22.3 Å². The standard InChI is InChI=1S/C55H34N2O/c1-2-17-35(18-3-1)56(50-34-33-41-39-22-8-13-30-48(39)57-49-31-14-15-32-51(49)58-54(50)53(41)57)47-29-12-7-21-38(47)40-24-16-28-46-52(40)42-23-6-11-27-45(42)55(46)43-25-9-4-19-36(43)37-20-5-10-26-44(37)55/h1-34H. The molecule has 0 radical (unpaired) electrons. The van der Waals surface area contributed by atoms with E-state index in [0.29, 0.717) is 0 Å². The van der Waals surface area contributed by atoms with Crippen molar-refractivity contribution in [1.82, 2.24) is 4.57 Å². The molecule has 0 N–H and O–H groups in total. The maximum atomic E-state index is 7.07. The first kappa shape index (κ1) is 31.6. The summed E-state index contributed by atoms with van der Waals surface area (Å²) in [4.78, 5) is 2.40. The largest absolute Gasteiger partial charge is 0.451 e. The van der Waals surface area contributed by atoms with Gasteiger partial charge in [0.05, 0.1) is 33.5 Å². The molecule has 58 heavy (non-hydrogen) atoms. The third-order valence-electron chi connectivity index (χ3n) is 12.8. The molecule has 270 valence electrons. The molecule has 0 amide bonds. The maximum Gasteiger partial charge on any atom is 0.176 e. The number of fused-ring (bicyclic) bond motifs is 15. The number of rotatable bonds is 4. The van der Waals surface area contributed by atoms with Crippen LogP contribution in [0.2, 0.25) is 0 Å². The summed E-state index contributed by atoms with van der Waals surface area (Å²) in [5.74, 6) is 1.68. The number of nitrogens with zero attached hydrogens (tertiary/aromatic N) is 2. The van der Waals surface area contributed by atoms with Crippen LogP contribution in [0.4, 0.5) is 17.1 Å². The summed E-state index contributed by atoms with van der Waals surface area (Å²) in [6.07, 6.45) is 0. The molecule has 1 spiro atoms. The lowest BCUT2D eigenvalue weighted by Crippen LogP contribution is -2.25. The normalized spacial score (nSPS) is 13.4. The van der Waals surface area contributed by atoms with E-state index in [4.69, 9.17) is 4.74 Å². The Balaban J connectivity index is 1.10. The molecule has 1 aliphatic heterocycles. The van der Waals surface area contributed by atoms with Crippen LogP contribution in [0.25, 0.3) is 60.9 Å². The average Bonchev–Trinajstić information content (AvgIpc) is 3.91. The van der Waals surface area contributed by atoms with Gasteiger partial charge in [-0.2, -0.15) is 0 Å². The third kappa shape index (κ3) is 3.97. The first-order valence-corrected chi connectivity index (χ1v) is 20.0. The zero-order chi connectivity index (χ0) is 38.0. The van der Waals surface area contributed by atoms with Gasteiger partial charge in [-0.3, -0.25) is 0 Å².